The van der Waals surface area contributed by atoms with Gasteiger partial charge in [-0.2, -0.15) is 11.3 Å². The van der Waals surface area contributed by atoms with Crippen molar-refractivity contribution in [1.29, 1.82) is 0 Å². The Balaban J connectivity index is 1.25. The van der Waals surface area contributed by atoms with Crippen molar-refractivity contribution < 1.29 is 9.59 Å². The number of benzene rings is 1. The standard InChI is InChI=1S/C21H21N3O2S2/c25-20(5-9-22-21(26)16-7-11-27-14-16)23-17-1-3-18(4-2-17)24-10-6-19-15(13-24)8-12-28-19/h1-4,7-8,11-12,14H,5-6,9-10,13H2,(H,22,26)(H,23,25). The van der Waals surface area contributed by atoms with Gasteiger partial charge in [-0.25, -0.2) is 0 Å². The zero-order chi connectivity index (χ0) is 19.3. The van der Waals surface area contributed by atoms with Crippen LogP contribution in [-0.4, -0.2) is 24.9 Å². The molecule has 0 saturated heterocycles. The summed E-state index contributed by atoms with van der Waals surface area (Å²) in [6.45, 7) is 2.27. The van der Waals surface area contributed by atoms with E-state index in [0.717, 1.165) is 30.9 Å². The Morgan fingerprint density at radius 2 is 1.93 bits per heavy atom. The maximum atomic E-state index is 12.1. The first kappa shape index (κ1) is 18.7. The first-order chi connectivity index (χ1) is 13.7. The van der Waals surface area contributed by atoms with E-state index in [1.807, 2.05) is 41.0 Å². The minimum absolute atomic E-state index is 0.112. The zero-order valence-electron chi connectivity index (χ0n) is 15.3. The molecule has 2 amide bonds. The van der Waals surface area contributed by atoms with E-state index in [0.29, 0.717) is 12.1 Å². The van der Waals surface area contributed by atoms with Gasteiger partial charge in [0.05, 0.1) is 0 Å². The summed E-state index contributed by atoms with van der Waals surface area (Å²) in [4.78, 5) is 27.8. The summed E-state index contributed by atoms with van der Waals surface area (Å²) in [5.41, 5.74) is 3.98. The molecule has 7 heteroatoms. The number of carbonyl (C=O) groups excluding carboxylic acids is 2. The van der Waals surface area contributed by atoms with E-state index in [9.17, 15) is 9.59 Å². The van der Waals surface area contributed by atoms with Crippen molar-refractivity contribution in [3.05, 3.63) is 68.5 Å². The Bertz CT molecular complexity index is 948. The van der Waals surface area contributed by atoms with Crippen molar-refractivity contribution in [2.24, 2.45) is 0 Å². The summed E-state index contributed by atoms with van der Waals surface area (Å²) in [6, 6.07) is 11.9. The largest absolute Gasteiger partial charge is 0.367 e. The quantitative estimate of drug-likeness (QED) is 0.641. The molecular weight excluding hydrogens is 390 g/mol. The van der Waals surface area contributed by atoms with E-state index < -0.39 is 0 Å². The Hall–Kier alpha value is -2.64. The van der Waals surface area contributed by atoms with Gasteiger partial charge in [-0.1, -0.05) is 0 Å². The van der Waals surface area contributed by atoms with Crippen molar-refractivity contribution >= 4 is 45.9 Å². The van der Waals surface area contributed by atoms with E-state index in [2.05, 4.69) is 27.0 Å². The summed E-state index contributed by atoms with van der Waals surface area (Å²) in [5, 5.41) is 11.5. The molecule has 144 valence electrons. The highest BCUT2D eigenvalue weighted by molar-refractivity contribution is 7.10. The lowest BCUT2D eigenvalue weighted by Gasteiger charge is -2.29. The molecule has 5 nitrogen and oxygen atoms in total. The molecule has 1 aliphatic rings. The number of thiophene rings is 2. The average Bonchev–Trinajstić information content (AvgIpc) is 3.40. The minimum atomic E-state index is -0.145. The number of fused-ring (bicyclic) bond motifs is 1. The monoisotopic (exact) mass is 411 g/mol. The highest BCUT2D eigenvalue weighted by Gasteiger charge is 2.17. The molecule has 3 heterocycles. The van der Waals surface area contributed by atoms with E-state index >= 15 is 0 Å². The van der Waals surface area contributed by atoms with Crippen LogP contribution in [0.15, 0.2) is 52.5 Å². The average molecular weight is 412 g/mol. The predicted octanol–water partition coefficient (Wildman–Crippen LogP) is 4.13. The molecule has 0 saturated carbocycles. The smallest absolute Gasteiger partial charge is 0.252 e. The molecule has 2 aromatic heterocycles. The molecule has 0 unspecified atom stereocenters. The van der Waals surface area contributed by atoms with Crippen LogP contribution < -0.4 is 15.5 Å². The number of nitrogens with one attached hydrogen (secondary N) is 2. The van der Waals surface area contributed by atoms with E-state index in [-0.39, 0.29) is 18.2 Å². The number of nitrogens with zero attached hydrogens (tertiary/aromatic N) is 1. The maximum absolute atomic E-state index is 12.1. The van der Waals surface area contributed by atoms with E-state index in [1.54, 1.807) is 11.4 Å². The van der Waals surface area contributed by atoms with Crippen molar-refractivity contribution in [2.45, 2.75) is 19.4 Å². The second-order valence-electron chi connectivity index (χ2n) is 6.65. The Morgan fingerprint density at radius 3 is 2.71 bits per heavy atom. The lowest BCUT2D eigenvalue weighted by molar-refractivity contribution is -0.116. The van der Waals surface area contributed by atoms with Crippen molar-refractivity contribution in [2.75, 3.05) is 23.3 Å². The second-order valence-corrected chi connectivity index (χ2v) is 8.43. The van der Waals surface area contributed by atoms with Gasteiger partial charge in [-0.3, -0.25) is 9.59 Å². The molecule has 0 fully saturated rings. The number of hydrogen-bond donors (Lipinski definition) is 2. The van der Waals surface area contributed by atoms with Crippen LogP contribution in [0.1, 0.15) is 27.2 Å². The lowest BCUT2D eigenvalue weighted by atomic mass is 10.1. The van der Waals surface area contributed by atoms with Gasteiger partial charge in [0.25, 0.3) is 5.91 Å². The maximum Gasteiger partial charge on any atom is 0.252 e. The van der Waals surface area contributed by atoms with Crippen LogP contribution >= 0.6 is 22.7 Å². The first-order valence-electron chi connectivity index (χ1n) is 9.19. The van der Waals surface area contributed by atoms with Crippen LogP contribution in [0.25, 0.3) is 0 Å². The normalized spacial score (nSPS) is 13.1. The number of carbonyl (C=O) groups is 2. The molecule has 0 spiro atoms. The lowest BCUT2D eigenvalue weighted by Crippen LogP contribution is -2.29. The van der Waals surface area contributed by atoms with Gasteiger partial charge in [0, 0.05) is 53.3 Å². The third-order valence-electron chi connectivity index (χ3n) is 4.74. The number of rotatable bonds is 6. The van der Waals surface area contributed by atoms with Crippen LogP contribution in [0.5, 0.6) is 0 Å². The van der Waals surface area contributed by atoms with Crippen LogP contribution in [-0.2, 0) is 17.8 Å². The van der Waals surface area contributed by atoms with Gasteiger partial charge in [0.1, 0.15) is 0 Å². The summed E-state index contributed by atoms with van der Waals surface area (Å²) < 4.78 is 0. The Morgan fingerprint density at radius 1 is 1.07 bits per heavy atom. The number of hydrogen-bond acceptors (Lipinski definition) is 5. The SMILES string of the molecule is O=C(CCNC(=O)c1ccsc1)Nc1ccc(N2CCc3sccc3C2)cc1. The predicted molar refractivity (Wildman–Crippen MR) is 115 cm³/mol. The molecule has 28 heavy (non-hydrogen) atoms. The fraction of sp³-hybridized carbons (Fsp3) is 0.238. The van der Waals surface area contributed by atoms with Gasteiger partial charge in [-0.15, -0.1) is 11.3 Å². The second kappa shape index (κ2) is 8.58. The summed E-state index contributed by atoms with van der Waals surface area (Å²) in [7, 11) is 0. The fourth-order valence-electron chi connectivity index (χ4n) is 3.23. The van der Waals surface area contributed by atoms with Gasteiger partial charge in [-0.05, 0) is 59.1 Å². The van der Waals surface area contributed by atoms with Crippen molar-refractivity contribution in [1.82, 2.24) is 5.32 Å². The number of amides is 2. The first-order valence-corrected chi connectivity index (χ1v) is 11.0. The molecule has 2 N–H and O–H groups in total. The highest BCUT2D eigenvalue weighted by atomic mass is 32.1. The van der Waals surface area contributed by atoms with Gasteiger partial charge >= 0.3 is 0 Å². The topological polar surface area (TPSA) is 61.4 Å². The highest BCUT2D eigenvalue weighted by Crippen LogP contribution is 2.28. The molecule has 4 rings (SSSR count). The van der Waals surface area contributed by atoms with E-state index in [4.69, 9.17) is 0 Å². The Kier molecular flexibility index (Phi) is 5.73. The number of anilines is 2. The fourth-order valence-corrected chi connectivity index (χ4v) is 4.76. The molecular formula is C21H21N3O2S2. The van der Waals surface area contributed by atoms with Crippen LogP contribution in [0.2, 0.25) is 0 Å². The van der Waals surface area contributed by atoms with Gasteiger partial charge in [0.2, 0.25) is 5.91 Å². The third kappa shape index (κ3) is 4.43. The third-order valence-corrected chi connectivity index (χ3v) is 6.45. The molecule has 1 aromatic carbocycles. The summed E-state index contributed by atoms with van der Waals surface area (Å²) in [6.07, 6.45) is 1.33. The van der Waals surface area contributed by atoms with Crippen LogP contribution in [0.3, 0.4) is 0 Å². The van der Waals surface area contributed by atoms with Crippen molar-refractivity contribution in [3.8, 4) is 0 Å². The van der Waals surface area contributed by atoms with Crippen LogP contribution in [0.4, 0.5) is 11.4 Å². The van der Waals surface area contributed by atoms with E-state index in [1.165, 1.54) is 21.8 Å². The molecule has 3 aromatic rings. The zero-order valence-corrected chi connectivity index (χ0v) is 16.9. The summed E-state index contributed by atoms with van der Waals surface area (Å²) in [5.74, 6) is -0.257. The van der Waals surface area contributed by atoms with Crippen molar-refractivity contribution in [3.63, 3.8) is 0 Å². The van der Waals surface area contributed by atoms with Gasteiger partial charge < -0.3 is 15.5 Å². The van der Waals surface area contributed by atoms with Gasteiger partial charge in [0.15, 0.2) is 0 Å². The Labute approximate surface area is 172 Å². The summed E-state index contributed by atoms with van der Waals surface area (Å²) >= 11 is 3.31. The van der Waals surface area contributed by atoms with Crippen LogP contribution in [0, 0.1) is 0 Å². The molecule has 0 radical (unpaired) electrons. The molecule has 0 aliphatic carbocycles. The molecule has 0 atom stereocenters. The molecule has 0 bridgehead atoms. The molecule has 1 aliphatic heterocycles. The minimum Gasteiger partial charge on any atom is -0.367 e.